The molecule has 0 aromatic heterocycles. The number of ketones is 2. The summed E-state index contributed by atoms with van der Waals surface area (Å²) >= 11 is 0. The third-order valence-electron chi connectivity index (χ3n) is 6.17. The lowest BCUT2D eigenvalue weighted by atomic mass is 9.62. The first-order chi connectivity index (χ1) is 14.6. The van der Waals surface area contributed by atoms with E-state index in [0.717, 1.165) is 0 Å². The number of nitrogens with two attached hydrogens (primary N) is 1. The van der Waals surface area contributed by atoms with Crippen molar-refractivity contribution < 1.29 is 40.0 Å². The Bertz CT molecular complexity index is 1030. The average Bonchev–Trinajstić information content (AvgIpc) is 2.70. The molecule has 3 rings (SSSR count). The normalized spacial score (nSPS) is 25.8. The number of primary amides is 1. The SMILES string of the molecule is C/C(=N/O)c1ccc(O)c2c1C[C@H]1C[C@@H](CCO)[C@@](O)(C(=O)CC(N)=O)C(O)=C1C2=O. The largest absolute Gasteiger partial charge is 0.508 e. The van der Waals surface area contributed by atoms with Crippen LogP contribution in [0.15, 0.2) is 28.6 Å². The molecule has 0 saturated heterocycles. The van der Waals surface area contributed by atoms with E-state index < -0.39 is 53.7 Å². The van der Waals surface area contributed by atoms with Gasteiger partial charge in [-0.3, -0.25) is 14.4 Å². The highest BCUT2D eigenvalue weighted by atomic mass is 16.4. The average molecular weight is 432 g/mol. The van der Waals surface area contributed by atoms with Crippen molar-refractivity contribution in [3.8, 4) is 5.75 Å². The zero-order valence-corrected chi connectivity index (χ0v) is 16.8. The van der Waals surface area contributed by atoms with E-state index in [-0.39, 0.29) is 41.9 Å². The Labute approximate surface area is 177 Å². The summed E-state index contributed by atoms with van der Waals surface area (Å²) in [4.78, 5) is 37.2. The van der Waals surface area contributed by atoms with Gasteiger partial charge in [-0.25, -0.2) is 0 Å². The molecule has 1 aromatic carbocycles. The molecule has 7 N–H and O–H groups in total. The van der Waals surface area contributed by atoms with Crippen LogP contribution >= 0.6 is 0 Å². The van der Waals surface area contributed by atoms with Gasteiger partial charge >= 0.3 is 0 Å². The topological polar surface area (TPSA) is 191 Å². The summed E-state index contributed by atoms with van der Waals surface area (Å²) in [5.41, 5.74) is 3.23. The minimum atomic E-state index is -2.56. The zero-order chi connectivity index (χ0) is 23.1. The van der Waals surface area contributed by atoms with E-state index >= 15 is 0 Å². The summed E-state index contributed by atoms with van der Waals surface area (Å²) in [7, 11) is 0. The standard InChI is InChI=1S/C21H24N2O8/c1-9(23-31)12-2-3-14(25)18-13(12)7-10-6-11(4-5-24)21(30,15(26)8-16(22)27)20(29)17(10)19(18)28/h2-3,10-11,24-25,29-31H,4-8H2,1H3,(H2,22,27)/b23-9-/t10-,11-,21-/m1/s1. The second-order valence-electron chi connectivity index (χ2n) is 7.94. The second kappa shape index (κ2) is 8.12. The quantitative estimate of drug-likeness (QED) is 0.160. The number of carbonyl (C=O) groups excluding carboxylic acids is 3. The van der Waals surface area contributed by atoms with E-state index in [9.17, 15) is 34.8 Å². The molecule has 0 unspecified atom stereocenters. The Morgan fingerprint density at radius 1 is 1.29 bits per heavy atom. The van der Waals surface area contributed by atoms with Gasteiger partial charge in [-0.2, -0.15) is 0 Å². The Balaban J connectivity index is 2.23. The van der Waals surface area contributed by atoms with E-state index in [0.29, 0.717) is 11.1 Å². The summed E-state index contributed by atoms with van der Waals surface area (Å²) < 4.78 is 0. The predicted octanol–water partition coefficient (Wildman–Crippen LogP) is 0.335. The fourth-order valence-corrected chi connectivity index (χ4v) is 4.71. The number of benzene rings is 1. The molecule has 0 aliphatic heterocycles. The number of amides is 1. The monoisotopic (exact) mass is 432 g/mol. The molecular formula is C21H24N2O8. The van der Waals surface area contributed by atoms with Gasteiger partial charge in [0.1, 0.15) is 11.5 Å². The lowest BCUT2D eigenvalue weighted by Crippen LogP contribution is -2.54. The first-order valence-corrected chi connectivity index (χ1v) is 9.74. The minimum absolute atomic E-state index is 0.0521. The molecule has 31 heavy (non-hydrogen) atoms. The summed E-state index contributed by atoms with van der Waals surface area (Å²) in [5.74, 6) is -5.71. The van der Waals surface area contributed by atoms with Gasteiger partial charge in [-0.1, -0.05) is 5.16 Å². The maximum Gasteiger partial charge on any atom is 0.225 e. The molecule has 0 heterocycles. The van der Waals surface area contributed by atoms with Crippen molar-refractivity contribution in [1.82, 2.24) is 0 Å². The van der Waals surface area contributed by atoms with E-state index in [2.05, 4.69) is 5.16 Å². The van der Waals surface area contributed by atoms with Gasteiger partial charge in [0.05, 0.1) is 17.7 Å². The highest BCUT2D eigenvalue weighted by molar-refractivity contribution is 6.16. The van der Waals surface area contributed by atoms with E-state index in [1.165, 1.54) is 19.1 Å². The van der Waals surface area contributed by atoms with Gasteiger partial charge in [0.25, 0.3) is 0 Å². The summed E-state index contributed by atoms with van der Waals surface area (Å²) in [6.07, 6.45) is -0.720. The second-order valence-corrected chi connectivity index (χ2v) is 7.94. The molecule has 166 valence electrons. The molecule has 0 spiro atoms. The Hall–Kier alpha value is -3.24. The van der Waals surface area contributed by atoms with Gasteiger partial charge in [0, 0.05) is 23.7 Å². The van der Waals surface area contributed by atoms with E-state index in [1.807, 2.05) is 0 Å². The van der Waals surface area contributed by atoms with Crippen molar-refractivity contribution in [3.05, 3.63) is 40.2 Å². The lowest BCUT2D eigenvalue weighted by molar-refractivity contribution is -0.147. The van der Waals surface area contributed by atoms with Crippen LogP contribution in [0.2, 0.25) is 0 Å². The molecule has 0 radical (unpaired) electrons. The third kappa shape index (κ3) is 3.47. The van der Waals surface area contributed by atoms with Crippen molar-refractivity contribution in [2.24, 2.45) is 22.7 Å². The lowest BCUT2D eigenvalue weighted by Gasteiger charge is -2.43. The number of allylic oxidation sites excluding steroid dienone is 1. The van der Waals surface area contributed by atoms with Crippen LogP contribution in [0.4, 0.5) is 0 Å². The minimum Gasteiger partial charge on any atom is -0.508 e. The number of carbonyl (C=O) groups is 3. The summed E-state index contributed by atoms with van der Waals surface area (Å²) in [5, 5.41) is 54.2. The van der Waals surface area contributed by atoms with Crippen LogP contribution in [-0.2, 0) is 16.0 Å². The number of phenols is 1. The number of fused-ring (bicyclic) bond motifs is 2. The van der Waals surface area contributed by atoms with Crippen molar-refractivity contribution in [2.45, 2.75) is 38.2 Å². The van der Waals surface area contributed by atoms with E-state index in [4.69, 9.17) is 10.9 Å². The van der Waals surface area contributed by atoms with Crippen LogP contribution in [0, 0.1) is 11.8 Å². The number of rotatable bonds is 6. The first-order valence-electron chi connectivity index (χ1n) is 9.74. The van der Waals surface area contributed by atoms with E-state index in [1.54, 1.807) is 0 Å². The Morgan fingerprint density at radius 3 is 2.55 bits per heavy atom. The number of hydrogen-bond acceptors (Lipinski definition) is 9. The van der Waals surface area contributed by atoms with Crippen molar-refractivity contribution in [3.63, 3.8) is 0 Å². The number of nitrogens with zero attached hydrogens (tertiary/aromatic N) is 1. The van der Waals surface area contributed by atoms with Gasteiger partial charge in [-0.05, 0) is 49.8 Å². The highest BCUT2D eigenvalue weighted by Crippen LogP contribution is 2.49. The van der Waals surface area contributed by atoms with Gasteiger partial charge in [0.15, 0.2) is 17.2 Å². The molecule has 2 aliphatic carbocycles. The zero-order valence-electron chi connectivity index (χ0n) is 16.8. The van der Waals surface area contributed by atoms with Crippen LogP contribution in [0.1, 0.15) is 47.7 Å². The summed E-state index contributed by atoms with van der Waals surface area (Å²) in [6, 6.07) is 2.76. The number of hydrogen-bond donors (Lipinski definition) is 6. The van der Waals surface area contributed by atoms with Crippen LogP contribution in [0.5, 0.6) is 5.75 Å². The fourth-order valence-electron chi connectivity index (χ4n) is 4.71. The molecule has 0 saturated carbocycles. The number of phenolic OH excluding ortho intramolecular Hbond substituents is 1. The highest BCUT2D eigenvalue weighted by Gasteiger charge is 2.55. The van der Waals surface area contributed by atoms with Crippen LogP contribution < -0.4 is 5.73 Å². The smallest absolute Gasteiger partial charge is 0.225 e. The third-order valence-corrected chi connectivity index (χ3v) is 6.17. The van der Waals surface area contributed by atoms with Crippen LogP contribution in [-0.4, -0.2) is 61.0 Å². The van der Waals surface area contributed by atoms with Crippen molar-refractivity contribution in [1.29, 1.82) is 0 Å². The molecule has 0 bridgehead atoms. The van der Waals surface area contributed by atoms with Gasteiger partial charge in [-0.15, -0.1) is 0 Å². The predicted molar refractivity (Wildman–Crippen MR) is 107 cm³/mol. The molecule has 1 amide bonds. The van der Waals surface area contributed by atoms with Gasteiger partial charge in [0.2, 0.25) is 5.91 Å². The molecular weight excluding hydrogens is 408 g/mol. The number of aliphatic hydroxyl groups is 3. The van der Waals surface area contributed by atoms with Crippen molar-refractivity contribution in [2.75, 3.05) is 6.61 Å². The van der Waals surface area contributed by atoms with Gasteiger partial charge < -0.3 is 31.4 Å². The Morgan fingerprint density at radius 2 is 1.97 bits per heavy atom. The molecule has 1 aromatic rings. The molecule has 2 aliphatic rings. The number of aliphatic hydroxyl groups excluding tert-OH is 2. The number of Topliss-reactive ketones (excluding diaryl/α,β-unsaturated/α-hetero) is 2. The number of oxime groups is 1. The number of aromatic hydroxyl groups is 1. The van der Waals surface area contributed by atoms with Crippen LogP contribution in [0.3, 0.4) is 0 Å². The Kier molecular flexibility index (Phi) is 5.88. The summed E-state index contributed by atoms with van der Waals surface area (Å²) in [6.45, 7) is 1.12. The molecule has 10 heteroatoms. The fraction of sp³-hybridized carbons (Fsp3) is 0.429. The molecule has 0 fully saturated rings. The molecule has 3 atom stereocenters. The maximum atomic E-state index is 13.3. The first kappa shape index (κ1) is 22.4. The van der Waals surface area contributed by atoms with Crippen molar-refractivity contribution >= 4 is 23.2 Å². The van der Waals surface area contributed by atoms with Crippen LogP contribution in [0.25, 0.3) is 0 Å². The molecule has 10 nitrogen and oxygen atoms in total. The maximum absolute atomic E-state index is 13.3.